The molecule has 3 heterocycles. The second-order valence-corrected chi connectivity index (χ2v) is 7.17. The summed E-state index contributed by atoms with van der Waals surface area (Å²) in [4.78, 5) is 18.0. The molecule has 0 spiro atoms. The molecule has 0 amide bonds. The lowest BCUT2D eigenvalue weighted by Gasteiger charge is -2.08. The fraction of sp³-hybridized carbons (Fsp3) is 0.278. The monoisotopic (exact) mass is 370 g/mol. The Morgan fingerprint density at radius 3 is 2.96 bits per heavy atom. The highest BCUT2D eigenvalue weighted by atomic mass is 32.1. The van der Waals surface area contributed by atoms with Crippen LogP contribution in [0.1, 0.15) is 30.9 Å². The predicted octanol–water partition coefficient (Wildman–Crippen LogP) is 3.29. The normalized spacial score (nSPS) is 13.2. The molecule has 1 aromatic carbocycles. The third kappa shape index (κ3) is 2.82. The Bertz CT molecular complexity index is 1070. The van der Waals surface area contributed by atoms with Crippen LogP contribution >= 0.6 is 11.3 Å². The summed E-state index contributed by atoms with van der Waals surface area (Å²) in [6.45, 7) is 4.38. The lowest BCUT2D eigenvalue weighted by atomic mass is 10.0. The number of hydrazone groups is 1. The van der Waals surface area contributed by atoms with Gasteiger partial charge in [-0.05, 0) is 40.6 Å². The lowest BCUT2D eigenvalue weighted by molar-refractivity contribution is 0.174. The minimum atomic E-state index is -0.0688. The van der Waals surface area contributed by atoms with E-state index in [0.29, 0.717) is 17.1 Å². The Labute approximate surface area is 153 Å². The molecule has 0 saturated heterocycles. The van der Waals surface area contributed by atoms with E-state index in [9.17, 15) is 4.79 Å². The molecular formula is C18H18N4O3S. The van der Waals surface area contributed by atoms with Gasteiger partial charge in [0, 0.05) is 7.05 Å². The second-order valence-electron chi connectivity index (χ2n) is 6.31. The molecule has 3 aromatic rings. The van der Waals surface area contributed by atoms with Crippen molar-refractivity contribution in [1.82, 2.24) is 9.55 Å². The summed E-state index contributed by atoms with van der Waals surface area (Å²) >= 11 is 1.48. The molecule has 8 heteroatoms. The maximum atomic E-state index is 12.7. The molecule has 0 bridgehead atoms. The smallest absolute Gasteiger partial charge is 0.263 e. The van der Waals surface area contributed by atoms with Gasteiger partial charge in [-0.25, -0.2) is 10.4 Å². The Balaban J connectivity index is 1.61. The van der Waals surface area contributed by atoms with Crippen molar-refractivity contribution in [2.24, 2.45) is 12.1 Å². The average Bonchev–Trinajstić information content (AvgIpc) is 3.25. The number of fused-ring (bicyclic) bond motifs is 2. The van der Waals surface area contributed by atoms with Gasteiger partial charge in [0.05, 0.1) is 11.6 Å². The molecule has 0 aliphatic carbocycles. The highest BCUT2D eigenvalue weighted by Gasteiger charge is 2.16. The van der Waals surface area contributed by atoms with Gasteiger partial charge in [-0.2, -0.15) is 5.10 Å². The summed E-state index contributed by atoms with van der Waals surface area (Å²) in [5, 5.41) is 6.89. The molecule has 0 atom stereocenters. The first kappa shape index (κ1) is 16.6. The summed E-state index contributed by atoms with van der Waals surface area (Å²) in [5.74, 6) is 2.10. The third-order valence-electron chi connectivity index (χ3n) is 4.24. The molecule has 0 radical (unpaired) electrons. The minimum Gasteiger partial charge on any atom is -0.454 e. The van der Waals surface area contributed by atoms with Crippen LogP contribution in [0.15, 0.2) is 33.5 Å². The van der Waals surface area contributed by atoms with Gasteiger partial charge in [-0.1, -0.05) is 13.8 Å². The van der Waals surface area contributed by atoms with Crippen molar-refractivity contribution < 1.29 is 9.47 Å². The van der Waals surface area contributed by atoms with E-state index in [-0.39, 0.29) is 18.3 Å². The van der Waals surface area contributed by atoms with Gasteiger partial charge in [0.1, 0.15) is 4.83 Å². The molecule has 0 saturated carbocycles. The summed E-state index contributed by atoms with van der Waals surface area (Å²) in [6, 6.07) is 5.56. The van der Waals surface area contributed by atoms with Gasteiger partial charge in [0.2, 0.25) is 12.7 Å². The fourth-order valence-electron chi connectivity index (χ4n) is 2.78. The summed E-state index contributed by atoms with van der Waals surface area (Å²) in [5.41, 5.74) is 4.68. The molecule has 134 valence electrons. The number of hydrogen-bond donors (Lipinski definition) is 1. The summed E-state index contributed by atoms with van der Waals surface area (Å²) in [6.07, 6.45) is 1.65. The van der Waals surface area contributed by atoms with Crippen molar-refractivity contribution in [3.8, 4) is 11.5 Å². The van der Waals surface area contributed by atoms with E-state index >= 15 is 0 Å². The zero-order valence-electron chi connectivity index (χ0n) is 14.6. The highest BCUT2D eigenvalue weighted by molar-refractivity contribution is 7.16. The zero-order valence-corrected chi connectivity index (χ0v) is 15.5. The van der Waals surface area contributed by atoms with Crippen LogP contribution in [0.25, 0.3) is 10.2 Å². The Morgan fingerprint density at radius 2 is 2.15 bits per heavy atom. The number of benzene rings is 1. The van der Waals surface area contributed by atoms with Crippen molar-refractivity contribution in [2.75, 3.05) is 12.2 Å². The molecule has 7 nitrogen and oxygen atoms in total. The first-order valence-corrected chi connectivity index (χ1v) is 9.09. The number of hydrogen-bond acceptors (Lipinski definition) is 7. The van der Waals surface area contributed by atoms with Gasteiger partial charge >= 0.3 is 0 Å². The molecule has 26 heavy (non-hydrogen) atoms. The summed E-state index contributed by atoms with van der Waals surface area (Å²) in [7, 11) is 1.69. The maximum Gasteiger partial charge on any atom is 0.263 e. The largest absolute Gasteiger partial charge is 0.454 e. The number of nitrogens with zero attached hydrogens (tertiary/aromatic N) is 3. The van der Waals surface area contributed by atoms with Crippen molar-refractivity contribution in [3.05, 3.63) is 45.1 Å². The van der Waals surface area contributed by atoms with E-state index in [1.54, 1.807) is 13.3 Å². The van der Waals surface area contributed by atoms with E-state index in [0.717, 1.165) is 21.7 Å². The summed E-state index contributed by atoms with van der Waals surface area (Å²) < 4.78 is 12.1. The third-order valence-corrected chi connectivity index (χ3v) is 5.13. The predicted molar refractivity (Wildman–Crippen MR) is 103 cm³/mol. The number of ether oxygens (including phenoxy) is 2. The van der Waals surface area contributed by atoms with Crippen LogP contribution in [0.3, 0.4) is 0 Å². The number of nitrogens with one attached hydrogen (secondary N) is 1. The molecule has 1 N–H and O–H groups in total. The van der Waals surface area contributed by atoms with Crippen LogP contribution in [0.5, 0.6) is 11.5 Å². The number of rotatable bonds is 4. The minimum absolute atomic E-state index is 0.0688. The molecule has 0 unspecified atom stereocenters. The molecule has 4 rings (SSSR count). The van der Waals surface area contributed by atoms with Crippen LogP contribution < -0.4 is 20.5 Å². The van der Waals surface area contributed by atoms with E-state index in [1.807, 2.05) is 23.6 Å². The van der Waals surface area contributed by atoms with Crippen LogP contribution in [0, 0.1) is 0 Å². The van der Waals surface area contributed by atoms with Crippen molar-refractivity contribution in [2.45, 2.75) is 19.8 Å². The van der Waals surface area contributed by atoms with Crippen LogP contribution in [-0.2, 0) is 7.05 Å². The Morgan fingerprint density at radius 1 is 1.35 bits per heavy atom. The first-order valence-electron chi connectivity index (χ1n) is 8.21. The quantitative estimate of drug-likeness (QED) is 0.563. The van der Waals surface area contributed by atoms with Gasteiger partial charge in [-0.15, -0.1) is 11.3 Å². The van der Waals surface area contributed by atoms with Crippen molar-refractivity contribution in [1.29, 1.82) is 0 Å². The van der Waals surface area contributed by atoms with Gasteiger partial charge in [0.25, 0.3) is 5.56 Å². The maximum absolute atomic E-state index is 12.7. The van der Waals surface area contributed by atoms with Crippen LogP contribution in [0.2, 0.25) is 0 Å². The van der Waals surface area contributed by atoms with Gasteiger partial charge < -0.3 is 9.47 Å². The number of anilines is 1. The first-order chi connectivity index (χ1) is 12.5. The topological polar surface area (TPSA) is 77.7 Å². The van der Waals surface area contributed by atoms with Crippen LogP contribution in [-0.4, -0.2) is 22.6 Å². The van der Waals surface area contributed by atoms with E-state index in [1.165, 1.54) is 15.9 Å². The SMILES string of the molecule is CC(C)c1csc2nc(NN=Cc3ccc4c(c3)OCO4)n(C)c(=O)c12. The standard InChI is InChI=1S/C18H18N4O3S/c1-10(2)12-8-26-16-15(12)17(23)22(3)18(20-16)21-19-7-11-4-5-13-14(6-11)25-9-24-13/h4-8,10H,9H2,1-3H3,(H,20,21). The van der Waals surface area contributed by atoms with Crippen LogP contribution in [0.4, 0.5) is 5.95 Å². The van der Waals surface area contributed by atoms with Gasteiger partial charge in [0.15, 0.2) is 11.5 Å². The van der Waals surface area contributed by atoms with E-state index < -0.39 is 0 Å². The molecule has 1 aliphatic heterocycles. The fourth-order valence-corrected chi connectivity index (χ4v) is 3.87. The van der Waals surface area contributed by atoms with E-state index in [2.05, 4.69) is 29.4 Å². The molecule has 1 aliphatic rings. The Hall–Kier alpha value is -2.87. The lowest BCUT2D eigenvalue weighted by Crippen LogP contribution is -2.21. The van der Waals surface area contributed by atoms with Gasteiger partial charge in [-0.3, -0.25) is 9.36 Å². The number of aromatic nitrogens is 2. The molecular weight excluding hydrogens is 352 g/mol. The van der Waals surface area contributed by atoms with Crippen molar-refractivity contribution >= 4 is 33.7 Å². The highest BCUT2D eigenvalue weighted by Crippen LogP contribution is 2.32. The molecule has 2 aromatic heterocycles. The molecule has 0 fully saturated rings. The zero-order chi connectivity index (χ0) is 18.3. The second kappa shape index (κ2) is 6.45. The van der Waals surface area contributed by atoms with E-state index in [4.69, 9.17) is 9.47 Å². The average molecular weight is 370 g/mol. The number of thiophene rings is 1. The Kier molecular flexibility index (Phi) is 4.12. The van der Waals surface area contributed by atoms with Crippen molar-refractivity contribution in [3.63, 3.8) is 0 Å².